The van der Waals surface area contributed by atoms with Crippen molar-refractivity contribution in [3.8, 4) is 5.75 Å². The minimum Gasteiger partial charge on any atom is -0.495 e. The molecule has 32 heavy (non-hydrogen) atoms. The van der Waals surface area contributed by atoms with E-state index >= 15 is 0 Å². The van der Waals surface area contributed by atoms with Crippen molar-refractivity contribution in [1.29, 1.82) is 0 Å². The summed E-state index contributed by atoms with van der Waals surface area (Å²) in [6.45, 7) is 5.03. The van der Waals surface area contributed by atoms with Crippen molar-refractivity contribution in [3.63, 3.8) is 0 Å². The van der Waals surface area contributed by atoms with Crippen LogP contribution < -0.4 is 10.1 Å². The molecule has 0 radical (unpaired) electrons. The van der Waals surface area contributed by atoms with E-state index in [1.807, 2.05) is 26.0 Å². The zero-order valence-electron chi connectivity index (χ0n) is 18.6. The van der Waals surface area contributed by atoms with Crippen molar-refractivity contribution in [2.24, 2.45) is 0 Å². The van der Waals surface area contributed by atoms with Gasteiger partial charge in [-0.1, -0.05) is 6.42 Å². The molecule has 0 unspecified atom stereocenters. The van der Waals surface area contributed by atoms with E-state index in [9.17, 15) is 13.2 Å². The quantitative estimate of drug-likeness (QED) is 0.593. The number of furan rings is 1. The number of carbonyl (C=O) groups is 1. The Morgan fingerprint density at radius 3 is 2.53 bits per heavy atom. The van der Waals surface area contributed by atoms with Crippen LogP contribution in [0, 0.1) is 13.8 Å². The predicted octanol–water partition coefficient (Wildman–Crippen LogP) is 4.41. The topological polar surface area (TPSA) is 88.8 Å². The van der Waals surface area contributed by atoms with Crippen molar-refractivity contribution in [2.45, 2.75) is 44.4 Å². The maximum Gasteiger partial charge on any atom is 0.246 e. The molecule has 1 aliphatic rings. The van der Waals surface area contributed by atoms with Crippen molar-refractivity contribution in [1.82, 2.24) is 4.31 Å². The number of benzene rings is 2. The number of nitrogens with zero attached hydrogens (tertiary/aromatic N) is 1. The minimum absolute atomic E-state index is 0.0690. The summed E-state index contributed by atoms with van der Waals surface area (Å²) in [4.78, 5) is 12.8. The van der Waals surface area contributed by atoms with Gasteiger partial charge in [0.25, 0.3) is 0 Å². The molecule has 7 nitrogen and oxygen atoms in total. The molecule has 0 atom stereocenters. The first kappa shape index (κ1) is 22.4. The molecule has 1 amide bonds. The summed E-state index contributed by atoms with van der Waals surface area (Å²) in [6.07, 6.45) is 4.44. The highest BCUT2D eigenvalue weighted by Crippen LogP contribution is 2.31. The van der Waals surface area contributed by atoms with Crippen LogP contribution in [-0.4, -0.2) is 38.8 Å². The largest absolute Gasteiger partial charge is 0.495 e. The van der Waals surface area contributed by atoms with Gasteiger partial charge in [-0.2, -0.15) is 4.31 Å². The SMILES string of the molecule is COc1ccc(NC(=O)Cc2coc3cc(C)c(C)cc23)cc1S(=O)(=O)N1CCCCC1. The van der Waals surface area contributed by atoms with Crippen LogP contribution in [0.5, 0.6) is 5.75 Å². The van der Waals surface area contributed by atoms with Crippen molar-refractivity contribution >= 4 is 32.6 Å². The highest BCUT2D eigenvalue weighted by Gasteiger charge is 2.29. The van der Waals surface area contributed by atoms with Crippen LogP contribution in [0.2, 0.25) is 0 Å². The summed E-state index contributed by atoms with van der Waals surface area (Å²) >= 11 is 0. The Labute approximate surface area is 188 Å². The van der Waals surface area contributed by atoms with E-state index in [0.717, 1.165) is 46.9 Å². The number of nitrogens with one attached hydrogen (secondary N) is 1. The fourth-order valence-corrected chi connectivity index (χ4v) is 5.75. The normalized spacial score (nSPS) is 15.1. The van der Waals surface area contributed by atoms with Crippen LogP contribution >= 0.6 is 0 Å². The van der Waals surface area contributed by atoms with E-state index in [2.05, 4.69) is 5.32 Å². The summed E-state index contributed by atoms with van der Waals surface area (Å²) < 4.78 is 38.8. The summed E-state index contributed by atoms with van der Waals surface area (Å²) in [5, 5.41) is 3.73. The molecule has 0 bridgehead atoms. The van der Waals surface area contributed by atoms with Gasteiger partial charge in [0.2, 0.25) is 15.9 Å². The van der Waals surface area contributed by atoms with E-state index < -0.39 is 10.0 Å². The molecule has 1 fully saturated rings. The van der Waals surface area contributed by atoms with E-state index in [1.165, 1.54) is 17.5 Å². The molecule has 4 rings (SSSR count). The molecule has 3 aromatic rings. The molecule has 1 aromatic heterocycles. The van der Waals surface area contributed by atoms with Crippen LogP contribution in [0.15, 0.2) is 45.9 Å². The monoisotopic (exact) mass is 456 g/mol. The average molecular weight is 457 g/mol. The minimum atomic E-state index is -3.71. The molecular formula is C24H28N2O5S. The van der Waals surface area contributed by atoms with Crippen LogP contribution in [0.25, 0.3) is 11.0 Å². The summed E-state index contributed by atoms with van der Waals surface area (Å²) in [5.74, 6) is 0.0117. The number of sulfonamides is 1. The number of fused-ring (bicyclic) bond motifs is 1. The van der Waals surface area contributed by atoms with Gasteiger partial charge in [-0.25, -0.2) is 8.42 Å². The molecule has 1 N–H and O–H groups in total. The third-order valence-electron chi connectivity index (χ3n) is 6.00. The van der Waals surface area contributed by atoms with Gasteiger partial charge in [0.15, 0.2) is 0 Å². The van der Waals surface area contributed by atoms with Gasteiger partial charge in [0.1, 0.15) is 16.2 Å². The molecule has 0 spiro atoms. The maximum absolute atomic E-state index is 13.2. The molecule has 0 saturated carbocycles. The molecule has 2 aromatic carbocycles. The first-order valence-electron chi connectivity index (χ1n) is 10.7. The third-order valence-corrected chi connectivity index (χ3v) is 7.92. The fraction of sp³-hybridized carbons (Fsp3) is 0.375. The van der Waals surface area contributed by atoms with Crippen LogP contribution in [0.3, 0.4) is 0 Å². The standard InChI is InChI=1S/C24H28N2O5S/c1-16-11-20-18(15-31-22(20)12-17(16)2)13-24(27)25-19-7-8-21(30-3)23(14-19)32(28,29)26-9-5-4-6-10-26/h7-8,11-12,14-15H,4-6,9-10,13H2,1-3H3,(H,25,27). The zero-order valence-corrected chi connectivity index (χ0v) is 19.4. The summed E-state index contributed by atoms with van der Waals surface area (Å²) in [7, 11) is -2.27. The van der Waals surface area contributed by atoms with Crippen LogP contribution in [-0.2, 0) is 21.2 Å². The zero-order chi connectivity index (χ0) is 22.9. The van der Waals surface area contributed by atoms with Gasteiger partial charge in [0, 0.05) is 29.7 Å². The van der Waals surface area contributed by atoms with E-state index in [-0.39, 0.29) is 23.0 Å². The number of anilines is 1. The van der Waals surface area contributed by atoms with Crippen LogP contribution in [0.4, 0.5) is 5.69 Å². The molecule has 0 aliphatic carbocycles. The Morgan fingerprint density at radius 2 is 1.81 bits per heavy atom. The third kappa shape index (κ3) is 4.38. The lowest BCUT2D eigenvalue weighted by Crippen LogP contribution is -2.35. The lowest BCUT2D eigenvalue weighted by Gasteiger charge is -2.26. The first-order valence-corrected chi connectivity index (χ1v) is 12.2. The predicted molar refractivity (Wildman–Crippen MR) is 124 cm³/mol. The van der Waals surface area contributed by atoms with Gasteiger partial charge in [0.05, 0.1) is 19.8 Å². The number of piperidine rings is 1. The van der Waals surface area contributed by atoms with Gasteiger partial charge >= 0.3 is 0 Å². The average Bonchev–Trinajstić information content (AvgIpc) is 3.15. The van der Waals surface area contributed by atoms with Crippen molar-refractivity contribution in [3.05, 3.63) is 53.3 Å². The highest BCUT2D eigenvalue weighted by molar-refractivity contribution is 7.89. The molecular weight excluding hydrogens is 428 g/mol. The molecule has 2 heterocycles. The Bertz CT molecular complexity index is 1260. The maximum atomic E-state index is 13.2. The first-order chi connectivity index (χ1) is 15.3. The Kier molecular flexibility index (Phi) is 6.26. The fourth-order valence-electron chi connectivity index (χ4n) is 4.05. The number of amides is 1. The Hall–Kier alpha value is -2.84. The number of carbonyl (C=O) groups excluding carboxylic acids is 1. The lowest BCUT2D eigenvalue weighted by molar-refractivity contribution is -0.115. The second-order valence-corrected chi connectivity index (χ2v) is 10.2. The van der Waals surface area contributed by atoms with Gasteiger partial charge < -0.3 is 14.5 Å². The number of methoxy groups -OCH3 is 1. The van der Waals surface area contributed by atoms with Gasteiger partial charge in [-0.3, -0.25) is 4.79 Å². The summed E-state index contributed by atoms with van der Waals surface area (Å²) in [5.41, 5.74) is 4.20. The number of hydrogen-bond acceptors (Lipinski definition) is 5. The lowest BCUT2D eigenvalue weighted by atomic mass is 10.0. The van der Waals surface area contributed by atoms with Crippen molar-refractivity contribution in [2.75, 3.05) is 25.5 Å². The molecule has 1 saturated heterocycles. The Morgan fingerprint density at radius 1 is 1.09 bits per heavy atom. The summed E-state index contributed by atoms with van der Waals surface area (Å²) in [6, 6.07) is 8.68. The highest BCUT2D eigenvalue weighted by atomic mass is 32.2. The van der Waals surface area contributed by atoms with Crippen LogP contribution in [0.1, 0.15) is 36.0 Å². The smallest absolute Gasteiger partial charge is 0.246 e. The number of hydrogen-bond donors (Lipinski definition) is 1. The number of rotatable bonds is 6. The van der Waals surface area contributed by atoms with Crippen molar-refractivity contribution < 1.29 is 22.4 Å². The molecule has 1 aliphatic heterocycles. The van der Waals surface area contributed by atoms with Gasteiger partial charge in [-0.05, 0) is 68.1 Å². The number of aryl methyl sites for hydroxylation is 2. The second-order valence-electron chi connectivity index (χ2n) is 8.25. The van der Waals surface area contributed by atoms with E-state index in [1.54, 1.807) is 18.4 Å². The Balaban J connectivity index is 1.56. The number of ether oxygens (including phenoxy) is 1. The van der Waals surface area contributed by atoms with E-state index in [0.29, 0.717) is 18.8 Å². The second kappa shape index (κ2) is 8.96. The van der Waals surface area contributed by atoms with Gasteiger partial charge in [-0.15, -0.1) is 0 Å². The molecule has 8 heteroatoms. The van der Waals surface area contributed by atoms with E-state index in [4.69, 9.17) is 9.15 Å². The molecule has 170 valence electrons.